The van der Waals surface area contributed by atoms with Gasteiger partial charge in [0.15, 0.2) is 10.9 Å². The van der Waals surface area contributed by atoms with E-state index in [0.29, 0.717) is 18.2 Å². The predicted molar refractivity (Wildman–Crippen MR) is 95.2 cm³/mol. The number of hydrogen-bond donors (Lipinski definition) is 0. The second-order valence-electron chi connectivity index (χ2n) is 5.62. The number of amides is 1. The Morgan fingerprint density at radius 1 is 1.24 bits per heavy atom. The molecule has 0 radical (unpaired) electrons. The van der Waals surface area contributed by atoms with E-state index in [4.69, 9.17) is 4.42 Å². The van der Waals surface area contributed by atoms with E-state index in [9.17, 15) is 14.9 Å². The molecular formula is C16H16N4O4S. The zero-order valence-electron chi connectivity index (χ0n) is 13.7. The summed E-state index contributed by atoms with van der Waals surface area (Å²) in [5, 5.41) is 11.3. The second-order valence-corrected chi connectivity index (χ2v) is 6.63. The molecule has 9 heteroatoms. The number of fused-ring (bicyclic) bond motifs is 1. The molecule has 0 aliphatic heterocycles. The molecule has 3 rings (SSSR count). The number of rotatable bonds is 6. The summed E-state index contributed by atoms with van der Waals surface area (Å²) in [6.45, 7) is 1.00. The van der Waals surface area contributed by atoms with Gasteiger partial charge in [0.1, 0.15) is 4.92 Å². The Kier molecular flexibility index (Phi) is 4.77. The molecule has 0 spiro atoms. The van der Waals surface area contributed by atoms with Crippen molar-refractivity contribution < 1.29 is 14.1 Å². The monoisotopic (exact) mass is 360 g/mol. The van der Waals surface area contributed by atoms with Crippen molar-refractivity contribution in [1.82, 2.24) is 9.88 Å². The lowest BCUT2D eigenvalue weighted by atomic mass is 10.3. The number of benzene rings is 1. The van der Waals surface area contributed by atoms with Crippen LogP contribution in [0.2, 0.25) is 0 Å². The van der Waals surface area contributed by atoms with Crippen molar-refractivity contribution in [1.29, 1.82) is 0 Å². The van der Waals surface area contributed by atoms with Crippen LogP contribution >= 0.6 is 11.3 Å². The maximum atomic E-state index is 12.8. The summed E-state index contributed by atoms with van der Waals surface area (Å²) in [6.07, 6.45) is 0. The number of carbonyl (C=O) groups excluding carboxylic acids is 1. The van der Waals surface area contributed by atoms with Crippen LogP contribution < -0.4 is 4.90 Å². The molecule has 0 atom stereocenters. The van der Waals surface area contributed by atoms with E-state index in [-0.39, 0.29) is 5.76 Å². The number of likely N-dealkylation sites (N-methyl/N-ethyl adjacent to an activating group) is 1. The van der Waals surface area contributed by atoms with Crippen molar-refractivity contribution in [3.63, 3.8) is 0 Å². The van der Waals surface area contributed by atoms with Gasteiger partial charge in [0, 0.05) is 13.1 Å². The zero-order chi connectivity index (χ0) is 18.0. The molecule has 3 aromatic rings. The van der Waals surface area contributed by atoms with Crippen LogP contribution in [-0.2, 0) is 0 Å². The number of para-hydroxylation sites is 1. The van der Waals surface area contributed by atoms with Gasteiger partial charge in [0.2, 0.25) is 0 Å². The van der Waals surface area contributed by atoms with Crippen molar-refractivity contribution in [2.45, 2.75) is 0 Å². The lowest BCUT2D eigenvalue weighted by Crippen LogP contribution is -2.36. The Bertz CT molecular complexity index is 885. The maximum Gasteiger partial charge on any atom is 0.433 e. The van der Waals surface area contributed by atoms with Crippen LogP contribution in [0.1, 0.15) is 10.6 Å². The van der Waals surface area contributed by atoms with Crippen molar-refractivity contribution in [2.75, 3.05) is 32.1 Å². The molecule has 2 heterocycles. The minimum Gasteiger partial charge on any atom is -0.395 e. The number of carbonyl (C=O) groups is 1. The normalized spacial score (nSPS) is 11.2. The Hall–Kier alpha value is -2.78. The van der Waals surface area contributed by atoms with E-state index >= 15 is 0 Å². The Morgan fingerprint density at radius 2 is 2.00 bits per heavy atom. The van der Waals surface area contributed by atoms with Gasteiger partial charge in [-0.3, -0.25) is 19.8 Å². The van der Waals surface area contributed by atoms with E-state index in [2.05, 4.69) is 4.98 Å². The van der Waals surface area contributed by atoms with Gasteiger partial charge in [0.05, 0.1) is 16.3 Å². The van der Waals surface area contributed by atoms with Crippen molar-refractivity contribution >= 4 is 38.5 Å². The highest BCUT2D eigenvalue weighted by Crippen LogP contribution is 2.30. The van der Waals surface area contributed by atoms with Crippen LogP contribution in [0, 0.1) is 10.1 Å². The Morgan fingerprint density at radius 3 is 2.64 bits per heavy atom. The minimum atomic E-state index is -0.668. The molecule has 0 bridgehead atoms. The van der Waals surface area contributed by atoms with E-state index in [1.54, 1.807) is 0 Å². The second kappa shape index (κ2) is 6.99. The van der Waals surface area contributed by atoms with Gasteiger partial charge < -0.3 is 9.32 Å². The van der Waals surface area contributed by atoms with E-state index < -0.39 is 16.7 Å². The van der Waals surface area contributed by atoms with Crippen molar-refractivity contribution in [3.8, 4) is 0 Å². The molecule has 1 aromatic carbocycles. The summed E-state index contributed by atoms with van der Waals surface area (Å²) in [5.41, 5.74) is 0.801. The lowest BCUT2D eigenvalue weighted by molar-refractivity contribution is -0.402. The number of hydrogen-bond acceptors (Lipinski definition) is 7. The van der Waals surface area contributed by atoms with E-state index in [0.717, 1.165) is 10.2 Å². The molecular weight excluding hydrogens is 344 g/mol. The quantitative estimate of drug-likeness (QED) is 0.495. The van der Waals surface area contributed by atoms with Gasteiger partial charge in [-0.05, 0) is 32.3 Å². The molecule has 2 aromatic heterocycles. The Labute approximate surface area is 147 Å². The summed E-state index contributed by atoms with van der Waals surface area (Å²) in [7, 11) is 3.80. The van der Waals surface area contributed by atoms with E-state index in [1.807, 2.05) is 43.3 Å². The summed E-state index contributed by atoms with van der Waals surface area (Å²) >= 11 is 1.39. The van der Waals surface area contributed by atoms with Crippen LogP contribution in [0.15, 0.2) is 40.8 Å². The molecule has 25 heavy (non-hydrogen) atoms. The first-order valence-corrected chi connectivity index (χ1v) is 8.34. The standard InChI is InChI=1S/C16H16N4O4S/c1-18(2)9-10-19(15(21)12-7-8-14(24-12)20(22)23)16-17-11-5-3-4-6-13(11)25-16/h3-8H,9-10H2,1-2H3. The number of nitro groups is 1. The molecule has 0 aliphatic rings. The van der Waals surface area contributed by atoms with Gasteiger partial charge in [-0.2, -0.15) is 0 Å². The van der Waals surface area contributed by atoms with Crippen molar-refractivity contribution in [3.05, 3.63) is 52.3 Å². The Balaban J connectivity index is 1.95. The summed E-state index contributed by atoms with van der Waals surface area (Å²) < 4.78 is 6.03. The van der Waals surface area contributed by atoms with Gasteiger partial charge >= 0.3 is 5.88 Å². The predicted octanol–water partition coefficient (Wildman–Crippen LogP) is 3.01. The molecule has 0 N–H and O–H groups in total. The third kappa shape index (κ3) is 3.67. The average Bonchev–Trinajstić information content (AvgIpc) is 3.21. The number of thiazole rings is 1. The van der Waals surface area contributed by atoms with Crippen molar-refractivity contribution in [2.24, 2.45) is 0 Å². The molecule has 0 saturated heterocycles. The lowest BCUT2D eigenvalue weighted by Gasteiger charge is -2.20. The molecule has 0 unspecified atom stereocenters. The fourth-order valence-electron chi connectivity index (χ4n) is 2.23. The highest BCUT2D eigenvalue weighted by Gasteiger charge is 2.26. The first-order chi connectivity index (χ1) is 12.0. The molecule has 130 valence electrons. The summed E-state index contributed by atoms with van der Waals surface area (Å²) in [5.74, 6) is -0.987. The molecule has 0 aliphatic carbocycles. The fraction of sp³-hybridized carbons (Fsp3) is 0.250. The molecule has 8 nitrogen and oxygen atoms in total. The summed E-state index contributed by atoms with van der Waals surface area (Å²) in [4.78, 5) is 30.9. The third-order valence-electron chi connectivity index (χ3n) is 3.51. The van der Waals surface area contributed by atoms with Gasteiger partial charge in [-0.15, -0.1) is 0 Å². The molecule has 1 amide bonds. The van der Waals surface area contributed by atoms with E-state index in [1.165, 1.54) is 28.4 Å². The van der Waals surface area contributed by atoms with Gasteiger partial charge in [0.25, 0.3) is 5.91 Å². The molecule has 0 saturated carbocycles. The van der Waals surface area contributed by atoms with Crippen LogP contribution in [-0.4, -0.2) is 47.9 Å². The largest absolute Gasteiger partial charge is 0.433 e. The topological polar surface area (TPSA) is 92.7 Å². The maximum absolute atomic E-state index is 12.8. The van der Waals surface area contributed by atoms with Crippen LogP contribution in [0.5, 0.6) is 0 Å². The third-order valence-corrected chi connectivity index (χ3v) is 4.57. The fourth-order valence-corrected chi connectivity index (χ4v) is 3.22. The van der Waals surface area contributed by atoms with Crippen LogP contribution in [0.4, 0.5) is 11.0 Å². The number of nitrogens with zero attached hydrogens (tertiary/aromatic N) is 4. The molecule has 0 fully saturated rings. The van der Waals surface area contributed by atoms with Crippen LogP contribution in [0.3, 0.4) is 0 Å². The zero-order valence-corrected chi connectivity index (χ0v) is 14.5. The number of furan rings is 1. The summed E-state index contributed by atoms with van der Waals surface area (Å²) in [6, 6.07) is 10.1. The first kappa shape index (κ1) is 17.1. The van der Waals surface area contributed by atoms with Crippen LogP contribution in [0.25, 0.3) is 10.2 Å². The average molecular weight is 360 g/mol. The number of anilines is 1. The van der Waals surface area contributed by atoms with Gasteiger partial charge in [-0.25, -0.2) is 4.98 Å². The number of aromatic nitrogens is 1. The smallest absolute Gasteiger partial charge is 0.395 e. The highest BCUT2D eigenvalue weighted by atomic mass is 32.1. The first-order valence-electron chi connectivity index (χ1n) is 7.52. The SMILES string of the molecule is CN(C)CCN(C(=O)c1ccc([N+](=O)[O-])o1)c1nc2ccccc2s1. The van der Waals surface area contributed by atoms with Gasteiger partial charge in [-0.1, -0.05) is 23.5 Å². The highest BCUT2D eigenvalue weighted by molar-refractivity contribution is 7.22. The minimum absolute atomic E-state index is 0.0790.